The quantitative estimate of drug-likeness (QED) is 0.791. The molecule has 26 heavy (non-hydrogen) atoms. The molecule has 146 valence electrons. The first-order valence-electron chi connectivity index (χ1n) is 11.5. The van der Waals surface area contributed by atoms with Crippen LogP contribution in [0.3, 0.4) is 0 Å². The fourth-order valence-corrected chi connectivity index (χ4v) is 8.09. The molecule has 0 aromatic carbocycles. The number of hydrogen-bond donors (Lipinski definition) is 2. The van der Waals surface area contributed by atoms with Crippen molar-refractivity contribution in [3.8, 4) is 0 Å². The van der Waals surface area contributed by atoms with Crippen molar-refractivity contribution in [3.63, 3.8) is 0 Å². The molecule has 0 bridgehead atoms. The maximum Gasteiger partial charge on any atom is 0.220 e. The molecule has 0 aromatic heterocycles. The zero-order valence-corrected chi connectivity index (χ0v) is 17.0. The van der Waals surface area contributed by atoms with Crippen LogP contribution in [0.2, 0.25) is 0 Å². The van der Waals surface area contributed by atoms with Crippen LogP contribution in [0.15, 0.2) is 0 Å². The van der Waals surface area contributed by atoms with Crippen LogP contribution >= 0.6 is 0 Å². The molecule has 0 unspecified atom stereocenters. The lowest BCUT2D eigenvalue weighted by molar-refractivity contribution is -0.144. The van der Waals surface area contributed by atoms with Crippen molar-refractivity contribution < 1.29 is 4.79 Å². The normalized spacial score (nSPS) is 53.4. The third-order valence-corrected chi connectivity index (χ3v) is 9.82. The molecule has 0 radical (unpaired) electrons. The number of nitrogens with one attached hydrogen (secondary N) is 2. The lowest BCUT2D eigenvalue weighted by Gasteiger charge is -2.62. The summed E-state index contributed by atoms with van der Waals surface area (Å²) in [7, 11) is 0. The number of carbonyl (C=O) groups is 1. The van der Waals surface area contributed by atoms with E-state index in [1.807, 2.05) is 0 Å². The van der Waals surface area contributed by atoms with Crippen molar-refractivity contribution >= 4 is 5.91 Å². The molecule has 1 heterocycles. The van der Waals surface area contributed by atoms with Crippen LogP contribution in [0.25, 0.3) is 0 Å². The molecule has 2 N–H and O–H groups in total. The van der Waals surface area contributed by atoms with Gasteiger partial charge in [0.15, 0.2) is 0 Å². The standard InChI is InChI=1S/C23H38N2O/c1-4-14-13-19-23(3,12-10-20(26)25-19)17-9-11-22(2)16(21(14)17)7-8-18(22)24-15-5-6-15/h14-19,21,24H,4-13H2,1-3H3,(H,25,26)/t14-,16+,17+,18+,19-,21+,22+,23-/m1/s1. The van der Waals surface area contributed by atoms with Gasteiger partial charge in [-0.25, -0.2) is 0 Å². The molecule has 5 fully saturated rings. The number of rotatable bonds is 3. The van der Waals surface area contributed by atoms with Crippen molar-refractivity contribution in [1.82, 2.24) is 10.6 Å². The van der Waals surface area contributed by atoms with Gasteiger partial charge in [0.1, 0.15) is 0 Å². The Morgan fingerprint density at radius 3 is 2.54 bits per heavy atom. The summed E-state index contributed by atoms with van der Waals surface area (Å²) in [5.74, 6) is 3.72. The van der Waals surface area contributed by atoms with E-state index < -0.39 is 0 Å². The molecule has 3 heteroatoms. The summed E-state index contributed by atoms with van der Waals surface area (Å²) in [5, 5.41) is 7.45. The van der Waals surface area contributed by atoms with Gasteiger partial charge in [-0.1, -0.05) is 27.2 Å². The van der Waals surface area contributed by atoms with E-state index in [1.54, 1.807) is 0 Å². The van der Waals surface area contributed by atoms with Crippen LogP contribution < -0.4 is 10.6 Å². The lowest BCUT2D eigenvalue weighted by Crippen LogP contribution is -2.63. The Morgan fingerprint density at radius 2 is 1.81 bits per heavy atom. The molecule has 0 spiro atoms. The first kappa shape index (κ1) is 17.5. The third kappa shape index (κ3) is 2.45. The lowest BCUT2D eigenvalue weighted by atomic mass is 9.45. The predicted octanol–water partition coefficient (Wildman–Crippen LogP) is 4.26. The topological polar surface area (TPSA) is 41.1 Å². The van der Waals surface area contributed by atoms with E-state index in [4.69, 9.17) is 0 Å². The second kappa shape index (κ2) is 5.96. The van der Waals surface area contributed by atoms with E-state index in [1.165, 1.54) is 51.4 Å². The fourth-order valence-electron chi connectivity index (χ4n) is 8.09. The van der Waals surface area contributed by atoms with E-state index in [0.29, 0.717) is 22.8 Å². The van der Waals surface area contributed by atoms with Crippen molar-refractivity contribution in [1.29, 1.82) is 0 Å². The highest BCUT2D eigenvalue weighted by Gasteiger charge is 2.62. The summed E-state index contributed by atoms with van der Waals surface area (Å²) in [6.07, 6.45) is 12.8. The average molecular weight is 359 g/mol. The summed E-state index contributed by atoms with van der Waals surface area (Å²) in [6, 6.07) is 2.02. The van der Waals surface area contributed by atoms with Gasteiger partial charge < -0.3 is 10.6 Å². The first-order valence-corrected chi connectivity index (χ1v) is 11.5. The van der Waals surface area contributed by atoms with E-state index >= 15 is 0 Å². The van der Waals surface area contributed by atoms with E-state index in [0.717, 1.165) is 48.6 Å². The SMILES string of the molecule is CC[C@@H]1C[C@H]2NC(=O)CC[C@]2(C)[C@H]2CC[C@]3(C)[C@@H](NC4CC4)CC[C@H]3[C@H]12. The van der Waals surface area contributed by atoms with Gasteiger partial charge in [-0.15, -0.1) is 0 Å². The molecule has 0 aromatic rings. The first-order chi connectivity index (χ1) is 12.5. The highest BCUT2D eigenvalue weighted by molar-refractivity contribution is 5.77. The Hall–Kier alpha value is -0.570. The third-order valence-electron chi connectivity index (χ3n) is 9.82. The van der Waals surface area contributed by atoms with Crippen molar-refractivity contribution in [2.75, 3.05) is 0 Å². The second-order valence-electron chi connectivity index (χ2n) is 10.9. The van der Waals surface area contributed by atoms with E-state index in [2.05, 4.69) is 31.4 Å². The maximum atomic E-state index is 12.1. The molecule has 8 atom stereocenters. The van der Waals surface area contributed by atoms with Gasteiger partial charge >= 0.3 is 0 Å². The molecular weight excluding hydrogens is 320 g/mol. The summed E-state index contributed by atoms with van der Waals surface area (Å²) in [4.78, 5) is 12.1. The van der Waals surface area contributed by atoms with E-state index in [-0.39, 0.29) is 0 Å². The summed E-state index contributed by atoms with van der Waals surface area (Å²) in [5.41, 5.74) is 0.853. The summed E-state index contributed by atoms with van der Waals surface area (Å²) in [6.45, 7) is 7.55. The van der Waals surface area contributed by atoms with Crippen LogP contribution in [0.5, 0.6) is 0 Å². The molecule has 4 aliphatic carbocycles. The van der Waals surface area contributed by atoms with Crippen molar-refractivity contribution in [2.24, 2.45) is 34.5 Å². The zero-order chi connectivity index (χ0) is 18.1. The summed E-state index contributed by atoms with van der Waals surface area (Å²) < 4.78 is 0. The van der Waals surface area contributed by atoms with E-state index in [9.17, 15) is 4.79 Å². The Labute approximate surface area is 159 Å². The van der Waals surface area contributed by atoms with Crippen LogP contribution in [-0.4, -0.2) is 24.0 Å². The minimum absolute atomic E-state index is 0.302. The predicted molar refractivity (Wildman–Crippen MR) is 105 cm³/mol. The molecule has 1 saturated heterocycles. The van der Waals surface area contributed by atoms with Crippen LogP contribution in [0, 0.1) is 34.5 Å². The minimum atomic E-state index is 0.302. The number of carbonyl (C=O) groups excluding carboxylic acids is 1. The molecule has 1 aliphatic heterocycles. The van der Waals surface area contributed by atoms with Crippen LogP contribution in [-0.2, 0) is 4.79 Å². The summed E-state index contributed by atoms with van der Waals surface area (Å²) >= 11 is 0. The Balaban J connectivity index is 1.45. The minimum Gasteiger partial charge on any atom is -0.353 e. The van der Waals surface area contributed by atoms with Gasteiger partial charge in [0.2, 0.25) is 5.91 Å². The molecular formula is C23H38N2O. The second-order valence-corrected chi connectivity index (χ2v) is 10.9. The van der Waals surface area contributed by atoms with Crippen LogP contribution in [0.4, 0.5) is 0 Å². The molecule has 5 rings (SSSR count). The number of piperidine rings is 1. The monoisotopic (exact) mass is 358 g/mol. The van der Waals surface area contributed by atoms with Gasteiger partial charge in [-0.3, -0.25) is 4.79 Å². The number of fused-ring (bicyclic) bond motifs is 5. The molecule has 3 nitrogen and oxygen atoms in total. The van der Waals surface area contributed by atoms with Crippen molar-refractivity contribution in [2.45, 2.75) is 103 Å². The smallest absolute Gasteiger partial charge is 0.220 e. The van der Waals surface area contributed by atoms with Gasteiger partial charge in [0.25, 0.3) is 0 Å². The van der Waals surface area contributed by atoms with Gasteiger partial charge in [0.05, 0.1) is 0 Å². The van der Waals surface area contributed by atoms with Gasteiger partial charge in [-0.2, -0.15) is 0 Å². The molecule has 4 saturated carbocycles. The fraction of sp³-hybridized carbons (Fsp3) is 0.957. The van der Waals surface area contributed by atoms with Gasteiger partial charge in [0, 0.05) is 24.5 Å². The highest BCUT2D eigenvalue weighted by atomic mass is 16.1. The molecule has 5 aliphatic rings. The largest absolute Gasteiger partial charge is 0.353 e. The number of amides is 1. The van der Waals surface area contributed by atoms with Crippen LogP contribution in [0.1, 0.15) is 85.0 Å². The van der Waals surface area contributed by atoms with Crippen molar-refractivity contribution in [3.05, 3.63) is 0 Å². The Morgan fingerprint density at radius 1 is 1.04 bits per heavy atom. The maximum absolute atomic E-state index is 12.1. The Bertz CT molecular complexity index is 587. The Kier molecular flexibility index (Phi) is 4.02. The zero-order valence-electron chi connectivity index (χ0n) is 17.0. The molecule has 1 amide bonds. The average Bonchev–Trinajstić information content (AvgIpc) is 3.37. The number of hydrogen-bond acceptors (Lipinski definition) is 2. The highest BCUT2D eigenvalue weighted by Crippen LogP contribution is 2.65. The van der Waals surface area contributed by atoms with Gasteiger partial charge in [-0.05, 0) is 85.9 Å².